The van der Waals surface area contributed by atoms with Crippen molar-refractivity contribution >= 4 is 23.1 Å². The Morgan fingerprint density at radius 3 is 2.39 bits per heavy atom. The number of hydrogen-bond donors (Lipinski definition) is 2. The molecule has 1 aliphatic rings. The standard InChI is InChI=1S/C30H26N4O2/c1-19-20(2)34(18-17-27-28(19)32-21(3)31-27)30(36)23-13-15-24(16-14-23)33-29(35)26-12-8-7-11-25(26)22-9-5-4-6-10-22/h4-16H,1-2,17-18H2,3H3,(H,31,32)(H,33,35). The number of anilines is 1. The van der Waals surface area contributed by atoms with E-state index in [0.29, 0.717) is 41.1 Å². The first-order valence-electron chi connectivity index (χ1n) is 11.7. The van der Waals surface area contributed by atoms with Gasteiger partial charge in [0.05, 0.1) is 5.69 Å². The van der Waals surface area contributed by atoms with Crippen molar-refractivity contribution in [3.63, 3.8) is 0 Å². The first kappa shape index (κ1) is 23.1. The highest BCUT2D eigenvalue weighted by Gasteiger charge is 2.27. The number of aryl methyl sites for hydroxylation is 1. The molecule has 1 aromatic heterocycles. The normalized spacial score (nSPS) is 13.2. The van der Waals surface area contributed by atoms with Crippen molar-refractivity contribution in [3.8, 4) is 11.1 Å². The van der Waals surface area contributed by atoms with Gasteiger partial charge in [0, 0.05) is 46.7 Å². The van der Waals surface area contributed by atoms with E-state index in [9.17, 15) is 9.59 Å². The van der Waals surface area contributed by atoms with Gasteiger partial charge in [0.25, 0.3) is 11.8 Å². The summed E-state index contributed by atoms with van der Waals surface area (Å²) < 4.78 is 0. The molecule has 2 N–H and O–H groups in total. The van der Waals surface area contributed by atoms with Gasteiger partial charge in [0.1, 0.15) is 5.82 Å². The summed E-state index contributed by atoms with van der Waals surface area (Å²) in [4.78, 5) is 35.8. The number of imidazole rings is 1. The van der Waals surface area contributed by atoms with E-state index in [-0.39, 0.29) is 11.8 Å². The molecule has 0 unspecified atom stereocenters. The molecule has 6 nitrogen and oxygen atoms in total. The van der Waals surface area contributed by atoms with Gasteiger partial charge in [-0.15, -0.1) is 0 Å². The Kier molecular flexibility index (Phi) is 6.09. The Morgan fingerprint density at radius 2 is 1.64 bits per heavy atom. The Morgan fingerprint density at radius 1 is 0.944 bits per heavy atom. The summed E-state index contributed by atoms with van der Waals surface area (Å²) in [5.41, 5.74) is 6.42. The fourth-order valence-corrected chi connectivity index (χ4v) is 4.45. The molecule has 2 heterocycles. The summed E-state index contributed by atoms with van der Waals surface area (Å²) >= 11 is 0. The number of amides is 2. The zero-order valence-corrected chi connectivity index (χ0v) is 20.0. The van der Waals surface area contributed by atoms with Crippen molar-refractivity contribution < 1.29 is 9.59 Å². The minimum atomic E-state index is -0.213. The first-order valence-corrected chi connectivity index (χ1v) is 11.7. The third-order valence-corrected chi connectivity index (χ3v) is 6.33. The van der Waals surface area contributed by atoms with E-state index in [2.05, 4.69) is 28.4 Å². The number of hydrogen-bond acceptors (Lipinski definition) is 3. The fraction of sp³-hybridized carbons (Fsp3) is 0.100. The molecule has 0 bridgehead atoms. The third-order valence-electron chi connectivity index (χ3n) is 6.33. The average molecular weight is 475 g/mol. The molecule has 0 spiro atoms. The second-order valence-corrected chi connectivity index (χ2v) is 8.72. The molecule has 0 saturated heterocycles. The van der Waals surface area contributed by atoms with Gasteiger partial charge >= 0.3 is 0 Å². The number of aromatic nitrogens is 2. The van der Waals surface area contributed by atoms with E-state index in [1.165, 1.54) is 0 Å². The van der Waals surface area contributed by atoms with Crippen LogP contribution in [0.25, 0.3) is 16.7 Å². The van der Waals surface area contributed by atoms with Gasteiger partial charge in [-0.25, -0.2) is 4.98 Å². The molecule has 4 aromatic rings. The SMILES string of the molecule is C=C1C(=C)N(C(=O)c2ccc(NC(=O)c3ccccc3-c3ccccc3)cc2)CCc2[nH]c(C)nc21. The minimum absolute atomic E-state index is 0.171. The summed E-state index contributed by atoms with van der Waals surface area (Å²) in [6.07, 6.45) is 0.634. The van der Waals surface area contributed by atoms with Crippen LogP contribution in [0.3, 0.4) is 0 Å². The van der Waals surface area contributed by atoms with Crippen LogP contribution < -0.4 is 5.32 Å². The van der Waals surface area contributed by atoms with Gasteiger partial charge in [0.2, 0.25) is 0 Å². The van der Waals surface area contributed by atoms with Crippen LogP contribution in [0.1, 0.15) is 37.9 Å². The number of fused-ring (bicyclic) bond motifs is 1. The molecule has 0 fully saturated rings. The molecule has 2 amide bonds. The topological polar surface area (TPSA) is 78.1 Å². The average Bonchev–Trinajstić information content (AvgIpc) is 3.24. The second kappa shape index (κ2) is 9.50. The van der Waals surface area contributed by atoms with Gasteiger partial charge in [-0.3, -0.25) is 9.59 Å². The molecule has 0 aliphatic carbocycles. The van der Waals surface area contributed by atoms with Gasteiger partial charge in [0.15, 0.2) is 0 Å². The maximum absolute atomic E-state index is 13.3. The summed E-state index contributed by atoms with van der Waals surface area (Å²) in [7, 11) is 0. The Balaban J connectivity index is 1.31. The van der Waals surface area contributed by atoms with Crippen molar-refractivity contribution in [2.45, 2.75) is 13.3 Å². The highest BCUT2D eigenvalue weighted by molar-refractivity contribution is 6.09. The predicted octanol–water partition coefficient (Wildman–Crippen LogP) is 5.86. The van der Waals surface area contributed by atoms with Gasteiger partial charge in [-0.2, -0.15) is 0 Å². The molecular weight excluding hydrogens is 448 g/mol. The zero-order valence-electron chi connectivity index (χ0n) is 20.0. The quantitative estimate of drug-likeness (QED) is 0.389. The molecule has 0 radical (unpaired) electrons. The molecule has 36 heavy (non-hydrogen) atoms. The molecule has 178 valence electrons. The van der Waals surface area contributed by atoms with E-state index in [4.69, 9.17) is 0 Å². The lowest BCUT2D eigenvalue weighted by Gasteiger charge is -2.23. The largest absolute Gasteiger partial charge is 0.346 e. The maximum Gasteiger partial charge on any atom is 0.258 e. The second-order valence-electron chi connectivity index (χ2n) is 8.72. The first-order chi connectivity index (χ1) is 17.4. The molecule has 0 atom stereocenters. The monoisotopic (exact) mass is 474 g/mol. The molecular formula is C30H26N4O2. The van der Waals surface area contributed by atoms with E-state index in [1.54, 1.807) is 35.2 Å². The van der Waals surface area contributed by atoms with Crippen LogP contribution in [0, 0.1) is 6.92 Å². The van der Waals surface area contributed by atoms with E-state index >= 15 is 0 Å². The summed E-state index contributed by atoms with van der Waals surface area (Å²) in [6, 6.07) is 24.2. The number of nitrogens with zero attached hydrogens (tertiary/aromatic N) is 2. The van der Waals surface area contributed by atoms with Crippen molar-refractivity contribution in [1.82, 2.24) is 14.9 Å². The number of aromatic amines is 1. The van der Waals surface area contributed by atoms with Crippen molar-refractivity contribution in [3.05, 3.63) is 126 Å². The Bertz CT molecular complexity index is 1480. The smallest absolute Gasteiger partial charge is 0.258 e. The molecule has 1 aliphatic heterocycles. The van der Waals surface area contributed by atoms with Crippen LogP contribution >= 0.6 is 0 Å². The molecule has 6 heteroatoms. The lowest BCUT2D eigenvalue weighted by molar-refractivity contribution is 0.0815. The van der Waals surface area contributed by atoms with Crippen molar-refractivity contribution in [1.29, 1.82) is 0 Å². The number of carbonyl (C=O) groups is 2. The minimum Gasteiger partial charge on any atom is -0.346 e. The number of nitrogens with one attached hydrogen (secondary N) is 2. The van der Waals surface area contributed by atoms with Gasteiger partial charge in [-0.05, 0) is 48.4 Å². The highest BCUT2D eigenvalue weighted by Crippen LogP contribution is 2.30. The van der Waals surface area contributed by atoms with Crippen LogP contribution in [-0.2, 0) is 6.42 Å². The summed E-state index contributed by atoms with van der Waals surface area (Å²) in [5, 5.41) is 2.95. The Hall–Kier alpha value is -4.71. The van der Waals surface area contributed by atoms with Crippen molar-refractivity contribution in [2.24, 2.45) is 0 Å². The zero-order chi connectivity index (χ0) is 25.2. The van der Waals surface area contributed by atoms with Gasteiger partial charge in [-0.1, -0.05) is 61.7 Å². The number of allylic oxidation sites excluding steroid dienone is 1. The van der Waals surface area contributed by atoms with E-state index < -0.39 is 0 Å². The molecule has 3 aromatic carbocycles. The summed E-state index contributed by atoms with van der Waals surface area (Å²) in [5.74, 6) is 0.433. The lowest BCUT2D eigenvalue weighted by Crippen LogP contribution is -2.31. The third kappa shape index (κ3) is 4.36. The van der Waals surface area contributed by atoms with Crippen LogP contribution in [0.2, 0.25) is 0 Å². The van der Waals surface area contributed by atoms with Crippen LogP contribution in [0.5, 0.6) is 0 Å². The van der Waals surface area contributed by atoms with Crippen LogP contribution in [0.15, 0.2) is 97.7 Å². The van der Waals surface area contributed by atoms with E-state index in [0.717, 1.165) is 28.3 Å². The van der Waals surface area contributed by atoms with Crippen molar-refractivity contribution in [2.75, 3.05) is 11.9 Å². The maximum atomic E-state index is 13.3. The number of carbonyl (C=O) groups excluding carboxylic acids is 2. The fourth-order valence-electron chi connectivity index (χ4n) is 4.45. The van der Waals surface area contributed by atoms with Crippen LogP contribution in [-0.4, -0.2) is 33.2 Å². The number of benzene rings is 3. The highest BCUT2D eigenvalue weighted by atomic mass is 16.2. The molecule has 5 rings (SSSR count). The van der Waals surface area contributed by atoms with Crippen LogP contribution in [0.4, 0.5) is 5.69 Å². The molecule has 0 saturated carbocycles. The van der Waals surface area contributed by atoms with E-state index in [1.807, 2.05) is 55.5 Å². The number of H-pyrrole nitrogens is 1. The number of rotatable bonds is 4. The van der Waals surface area contributed by atoms with Gasteiger partial charge < -0.3 is 15.2 Å². The Labute approximate surface area is 210 Å². The predicted molar refractivity (Wildman–Crippen MR) is 143 cm³/mol. The lowest BCUT2D eigenvalue weighted by atomic mass is 9.99. The summed E-state index contributed by atoms with van der Waals surface area (Å²) in [6.45, 7) is 10.6.